The van der Waals surface area contributed by atoms with Gasteiger partial charge in [0.05, 0.1) is 18.0 Å². The predicted octanol–water partition coefficient (Wildman–Crippen LogP) is 0.211. The molecule has 6 N–H and O–H groups in total. The summed E-state index contributed by atoms with van der Waals surface area (Å²) in [6, 6.07) is 0. The van der Waals surface area contributed by atoms with Crippen molar-refractivity contribution in [3.8, 4) is 0 Å². The zero-order chi connectivity index (χ0) is 24.9. The fraction of sp³-hybridized carbons (Fsp3) is 0.737. The molecule has 1 aliphatic heterocycles. The fourth-order valence-electron chi connectivity index (χ4n) is 3.65. The Bertz CT molecular complexity index is 1130. The Labute approximate surface area is 190 Å². The quantitative estimate of drug-likeness (QED) is 0.318. The number of hydrogen-bond donors (Lipinski definition) is 5. The molecule has 7 unspecified atom stereocenters. The van der Waals surface area contributed by atoms with E-state index in [9.17, 15) is 29.6 Å². The minimum Gasteiger partial charge on any atom is -0.388 e. The van der Waals surface area contributed by atoms with Crippen LogP contribution in [0.25, 0.3) is 11.2 Å². The standard InChI is InChI=1S/C19H32N5O8P/c1-6-18(3,32-33(29,30)19(4,28)7-2)8-10-12(25)13(26)16(31-10)24-9-21-11-14(24)22-17(20)23(5)15(11)27/h9-10,12-13,16,25-26,28H,6-8H2,1-5H3,(H2,20,22)(H,29,30). The van der Waals surface area contributed by atoms with Gasteiger partial charge in [-0.15, -0.1) is 0 Å². The Kier molecular flexibility index (Phi) is 6.82. The van der Waals surface area contributed by atoms with Crippen molar-refractivity contribution in [2.75, 3.05) is 5.73 Å². The Balaban J connectivity index is 1.88. The van der Waals surface area contributed by atoms with E-state index < -0.39 is 48.6 Å². The summed E-state index contributed by atoms with van der Waals surface area (Å²) in [6.45, 7) is 6.07. The van der Waals surface area contributed by atoms with Crippen LogP contribution in [-0.2, 0) is 20.9 Å². The molecule has 3 heterocycles. The fourth-order valence-corrected chi connectivity index (χ4v) is 5.04. The molecule has 0 radical (unpaired) electrons. The van der Waals surface area contributed by atoms with Crippen molar-refractivity contribution in [2.45, 2.75) is 82.4 Å². The lowest BCUT2D eigenvalue weighted by Crippen LogP contribution is -2.40. The van der Waals surface area contributed by atoms with Gasteiger partial charge in [0.15, 0.2) is 22.7 Å². The van der Waals surface area contributed by atoms with Crippen molar-refractivity contribution in [2.24, 2.45) is 7.05 Å². The van der Waals surface area contributed by atoms with Crippen molar-refractivity contribution in [3.63, 3.8) is 0 Å². The van der Waals surface area contributed by atoms with Gasteiger partial charge in [-0.25, -0.2) is 4.98 Å². The number of aliphatic hydroxyl groups is 3. The van der Waals surface area contributed by atoms with Crippen LogP contribution >= 0.6 is 7.60 Å². The number of nitrogens with two attached hydrogens (primary N) is 1. The molecule has 0 aromatic carbocycles. The van der Waals surface area contributed by atoms with E-state index in [1.54, 1.807) is 20.8 Å². The van der Waals surface area contributed by atoms with Gasteiger partial charge in [-0.3, -0.25) is 18.5 Å². The zero-order valence-electron chi connectivity index (χ0n) is 19.2. The molecular formula is C19H32N5O8P. The van der Waals surface area contributed by atoms with Crippen LogP contribution in [0.2, 0.25) is 0 Å². The third-order valence-corrected chi connectivity index (χ3v) is 8.68. The maximum Gasteiger partial charge on any atom is 0.359 e. The SMILES string of the molecule is CCC(C)(CC1OC(n2cnc3c(=O)n(C)c(N)nc32)C(O)C1O)OP(=O)(O)C(C)(O)CC. The molecule has 33 heavy (non-hydrogen) atoms. The smallest absolute Gasteiger partial charge is 0.359 e. The molecule has 0 bridgehead atoms. The molecular weight excluding hydrogens is 457 g/mol. The van der Waals surface area contributed by atoms with Crippen molar-refractivity contribution in [3.05, 3.63) is 16.7 Å². The zero-order valence-corrected chi connectivity index (χ0v) is 20.1. The van der Waals surface area contributed by atoms with Gasteiger partial charge < -0.3 is 35.2 Å². The summed E-state index contributed by atoms with van der Waals surface area (Å²) in [4.78, 5) is 30.9. The summed E-state index contributed by atoms with van der Waals surface area (Å²) in [7, 11) is -3.01. The van der Waals surface area contributed by atoms with E-state index in [2.05, 4.69) is 9.97 Å². The molecule has 0 amide bonds. The predicted molar refractivity (Wildman–Crippen MR) is 118 cm³/mol. The Hall–Kier alpha value is -1.86. The van der Waals surface area contributed by atoms with Gasteiger partial charge in [0.1, 0.15) is 12.2 Å². The monoisotopic (exact) mass is 489 g/mol. The van der Waals surface area contributed by atoms with Gasteiger partial charge in [0.25, 0.3) is 5.56 Å². The van der Waals surface area contributed by atoms with Gasteiger partial charge in [-0.05, 0) is 26.7 Å². The minimum atomic E-state index is -4.46. The maximum absolute atomic E-state index is 12.7. The normalized spacial score (nSPS) is 29.0. The second-order valence-electron chi connectivity index (χ2n) is 8.89. The lowest BCUT2D eigenvalue weighted by atomic mass is 9.93. The number of hydrogen-bond acceptors (Lipinski definition) is 10. The summed E-state index contributed by atoms with van der Waals surface area (Å²) >= 11 is 0. The Morgan fingerprint density at radius 2 is 1.91 bits per heavy atom. The van der Waals surface area contributed by atoms with E-state index in [-0.39, 0.29) is 36.4 Å². The van der Waals surface area contributed by atoms with Gasteiger partial charge in [0.2, 0.25) is 5.95 Å². The largest absolute Gasteiger partial charge is 0.388 e. The molecule has 1 saturated heterocycles. The topological polar surface area (TPSA) is 195 Å². The summed E-state index contributed by atoms with van der Waals surface area (Å²) in [6.07, 6.45) is -3.49. The summed E-state index contributed by atoms with van der Waals surface area (Å²) in [5.41, 5.74) is 4.14. The number of aromatic nitrogens is 4. The number of nitrogens with zero attached hydrogens (tertiary/aromatic N) is 4. The second-order valence-corrected chi connectivity index (χ2v) is 11.1. The summed E-state index contributed by atoms with van der Waals surface area (Å²) < 4.78 is 26.6. The van der Waals surface area contributed by atoms with Crippen LogP contribution in [-0.4, -0.2) is 68.6 Å². The molecule has 2 aromatic heterocycles. The van der Waals surface area contributed by atoms with Gasteiger partial charge >= 0.3 is 7.60 Å². The molecule has 1 fully saturated rings. The molecule has 0 saturated carbocycles. The molecule has 13 nitrogen and oxygen atoms in total. The average Bonchev–Trinajstić information content (AvgIpc) is 3.27. The Morgan fingerprint density at radius 1 is 1.27 bits per heavy atom. The average molecular weight is 489 g/mol. The summed E-state index contributed by atoms with van der Waals surface area (Å²) in [5, 5.41) is 29.7. The van der Waals surface area contributed by atoms with Crippen molar-refractivity contribution in [1.82, 2.24) is 19.1 Å². The number of rotatable bonds is 8. The highest BCUT2D eigenvalue weighted by atomic mass is 31.2. The van der Waals surface area contributed by atoms with Crippen molar-refractivity contribution in [1.29, 1.82) is 0 Å². The van der Waals surface area contributed by atoms with Crippen molar-refractivity contribution >= 4 is 24.7 Å². The lowest BCUT2D eigenvalue weighted by molar-refractivity contribution is -0.0689. The molecule has 7 atom stereocenters. The number of anilines is 1. The Morgan fingerprint density at radius 3 is 2.48 bits per heavy atom. The van der Waals surface area contributed by atoms with Crippen LogP contribution < -0.4 is 11.3 Å². The van der Waals surface area contributed by atoms with E-state index in [0.717, 1.165) is 4.57 Å². The van der Waals surface area contributed by atoms with E-state index in [1.807, 2.05) is 0 Å². The number of ether oxygens (including phenoxy) is 1. The van der Waals surface area contributed by atoms with Crippen LogP contribution in [0.4, 0.5) is 5.95 Å². The molecule has 3 rings (SSSR count). The number of fused-ring (bicyclic) bond motifs is 1. The second kappa shape index (κ2) is 8.73. The van der Waals surface area contributed by atoms with Crippen molar-refractivity contribution < 1.29 is 34.0 Å². The molecule has 186 valence electrons. The van der Waals surface area contributed by atoms with Gasteiger partial charge in [-0.2, -0.15) is 4.98 Å². The summed E-state index contributed by atoms with van der Waals surface area (Å²) in [5.74, 6) is -0.0625. The van der Waals surface area contributed by atoms with Gasteiger partial charge in [-0.1, -0.05) is 13.8 Å². The van der Waals surface area contributed by atoms with Crippen LogP contribution in [0.3, 0.4) is 0 Å². The van der Waals surface area contributed by atoms with E-state index in [1.165, 1.54) is 24.9 Å². The third-order valence-electron chi connectivity index (χ3n) is 6.45. The molecule has 0 aliphatic carbocycles. The molecule has 14 heteroatoms. The van der Waals surface area contributed by atoms with Crippen LogP contribution in [0, 0.1) is 0 Å². The highest BCUT2D eigenvalue weighted by Gasteiger charge is 2.50. The molecule has 1 aliphatic rings. The number of nitrogen functional groups attached to an aromatic ring is 1. The van der Waals surface area contributed by atoms with E-state index in [0.29, 0.717) is 0 Å². The van der Waals surface area contributed by atoms with Crippen LogP contribution in [0.15, 0.2) is 11.1 Å². The van der Waals surface area contributed by atoms with E-state index in [4.69, 9.17) is 15.0 Å². The van der Waals surface area contributed by atoms with E-state index >= 15 is 0 Å². The highest BCUT2D eigenvalue weighted by Crippen LogP contribution is 2.59. The number of imidazole rings is 1. The first-order valence-electron chi connectivity index (χ1n) is 10.6. The van der Waals surface area contributed by atoms with Crippen LogP contribution in [0.5, 0.6) is 0 Å². The molecule has 2 aromatic rings. The lowest BCUT2D eigenvalue weighted by Gasteiger charge is -2.37. The first kappa shape index (κ1) is 25.8. The van der Waals surface area contributed by atoms with Gasteiger partial charge in [0, 0.05) is 13.5 Å². The minimum absolute atomic E-state index is 0.00674. The first-order chi connectivity index (χ1) is 15.2. The highest BCUT2D eigenvalue weighted by molar-refractivity contribution is 7.54. The maximum atomic E-state index is 12.7. The van der Waals surface area contributed by atoms with Crippen LogP contribution in [0.1, 0.15) is 53.2 Å². The molecule has 0 spiro atoms. The first-order valence-corrected chi connectivity index (χ1v) is 12.2. The number of aliphatic hydroxyl groups excluding tert-OH is 2. The third kappa shape index (κ3) is 4.46.